The zero-order valence-corrected chi connectivity index (χ0v) is 14.2. The molecule has 2 aromatic carbocycles. The Labute approximate surface area is 140 Å². The number of rotatable bonds is 4. The number of aromatic amines is 1. The Morgan fingerprint density at radius 3 is 2.29 bits per heavy atom. The summed E-state index contributed by atoms with van der Waals surface area (Å²) >= 11 is 0. The van der Waals surface area contributed by atoms with Gasteiger partial charge in [0, 0.05) is 23.3 Å². The van der Waals surface area contributed by atoms with Crippen molar-refractivity contribution in [2.75, 3.05) is 19.5 Å². The summed E-state index contributed by atoms with van der Waals surface area (Å²) in [7, 11) is 3.16. The molecule has 0 saturated heterocycles. The first-order chi connectivity index (χ1) is 11.5. The molecular weight excluding hydrogens is 304 g/mol. The normalized spacial score (nSPS) is 10.7. The number of aromatic nitrogens is 1. The molecule has 0 aliphatic rings. The Bertz CT molecular complexity index is 892. The van der Waals surface area contributed by atoms with Gasteiger partial charge in [0.05, 0.1) is 25.3 Å². The highest BCUT2D eigenvalue weighted by molar-refractivity contribution is 6.13. The minimum Gasteiger partial charge on any atom is -0.493 e. The highest BCUT2D eigenvalue weighted by Gasteiger charge is 2.16. The predicted octanol–water partition coefficient (Wildman–Crippen LogP) is 4.05. The summed E-state index contributed by atoms with van der Waals surface area (Å²) in [4.78, 5) is 15.9. The van der Waals surface area contributed by atoms with Crippen molar-refractivity contribution in [1.29, 1.82) is 0 Å². The molecule has 0 saturated carbocycles. The van der Waals surface area contributed by atoms with Gasteiger partial charge in [-0.1, -0.05) is 18.2 Å². The van der Waals surface area contributed by atoms with Crippen LogP contribution in [0.3, 0.4) is 0 Å². The van der Waals surface area contributed by atoms with Crippen molar-refractivity contribution in [2.24, 2.45) is 0 Å². The summed E-state index contributed by atoms with van der Waals surface area (Å²) in [5.41, 5.74) is 4.29. The lowest BCUT2D eigenvalue weighted by atomic mass is 10.1. The Kier molecular flexibility index (Phi) is 4.16. The summed E-state index contributed by atoms with van der Waals surface area (Å²) in [5, 5.41) is 3.80. The molecule has 5 nitrogen and oxygen atoms in total. The molecule has 3 rings (SSSR count). The van der Waals surface area contributed by atoms with Gasteiger partial charge in [0.1, 0.15) is 0 Å². The number of nitrogens with one attached hydrogen (secondary N) is 2. The number of aryl methyl sites for hydroxylation is 2. The Morgan fingerprint density at radius 1 is 1.04 bits per heavy atom. The largest absolute Gasteiger partial charge is 0.493 e. The van der Waals surface area contributed by atoms with Crippen molar-refractivity contribution in [3.05, 3.63) is 53.2 Å². The van der Waals surface area contributed by atoms with Crippen molar-refractivity contribution in [3.8, 4) is 11.5 Å². The number of methoxy groups -OCH3 is 2. The van der Waals surface area contributed by atoms with Gasteiger partial charge in [0.2, 0.25) is 0 Å². The highest BCUT2D eigenvalue weighted by Crippen LogP contribution is 2.33. The minimum absolute atomic E-state index is 0.161. The van der Waals surface area contributed by atoms with Crippen LogP contribution in [-0.2, 0) is 0 Å². The summed E-state index contributed by atoms with van der Waals surface area (Å²) in [5.74, 6) is 1.05. The van der Waals surface area contributed by atoms with Crippen LogP contribution in [0.15, 0.2) is 36.5 Å². The maximum atomic E-state index is 12.7. The summed E-state index contributed by atoms with van der Waals surface area (Å²) in [6, 6.07) is 9.56. The Balaban J connectivity index is 2.01. The van der Waals surface area contributed by atoms with Crippen LogP contribution in [0.25, 0.3) is 10.9 Å². The van der Waals surface area contributed by atoms with Crippen LogP contribution in [0.1, 0.15) is 21.5 Å². The van der Waals surface area contributed by atoms with E-state index < -0.39 is 0 Å². The molecule has 24 heavy (non-hydrogen) atoms. The van der Waals surface area contributed by atoms with Gasteiger partial charge in [-0.3, -0.25) is 4.79 Å². The number of hydrogen-bond acceptors (Lipinski definition) is 3. The standard InChI is InChI=1S/C19H20N2O3/c1-11-6-5-7-12(2)18(11)21-19(22)14-10-20-15-9-17(24-4)16(23-3)8-13(14)15/h5-10,20H,1-4H3,(H,21,22). The topological polar surface area (TPSA) is 63.4 Å². The van der Waals surface area contributed by atoms with E-state index in [4.69, 9.17) is 9.47 Å². The predicted molar refractivity (Wildman–Crippen MR) is 95.3 cm³/mol. The van der Waals surface area contributed by atoms with Crippen LogP contribution in [0.2, 0.25) is 0 Å². The van der Waals surface area contributed by atoms with Crippen LogP contribution in [0.5, 0.6) is 11.5 Å². The molecule has 0 bridgehead atoms. The molecule has 0 fully saturated rings. The smallest absolute Gasteiger partial charge is 0.257 e. The minimum atomic E-state index is -0.161. The average Bonchev–Trinajstić information content (AvgIpc) is 2.99. The lowest BCUT2D eigenvalue weighted by Gasteiger charge is -2.11. The quantitative estimate of drug-likeness (QED) is 0.761. The average molecular weight is 324 g/mol. The maximum Gasteiger partial charge on any atom is 0.257 e. The molecule has 0 unspecified atom stereocenters. The summed E-state index contributed by atoms with van der Waals surface area (Å²) in [6.45, 7) is 3.96. The molecule has 0 spiro atoms. The molecule has 0 aliphatic heterocycles. The Hall–Kier alpha value is -2.95. The number of benzene rings is 2. The number of amides is 1. The number of ether oxygens (including phenoxy) is 2. The number of para-hydroxylation sites is 1. The maximum absolute atomic E-state index is 12.7. The van der Waals surface area contributed by atoms with Gasteiger partial charge >= 0.3 is 0 Å². The fraction of sp³-hybridized carbons (Fsp3) is 0.211. The third-order valence-electron chi connectivity index (χ3n) is 4.15. The number of carbonyl (C=O) groups excluding carboxylic acids is 1. The third kappa shape index (κ3) is 2.69. The molecule has 2 N–H and O–H groups in total. The molecule has 1 heterocycles. The van der Waals surface area contributed by atoms with Crippen molar-refractivity contribution < 1.29 is 14.3 Å². The van der Waals surface area contributed by atoms with Crippen LogP contribution < -0.4 is 14.8 Å². The number of H-pyrrole nitrogens is 1. The second-order valence-electron chi connectivity index (χ2n) is 5.68. The second kappa shape index (κ2) is 6.28. The lowest BCUT2D eigenvalue weighted by Crippen LogP contribution is -2.13. The second-order valence-corrected chi connectivity index (χ2v) is 5.68. The summed E-state index contributed by atoms with van der Waals surface area (Å²) < 4.78 is 10.6. The number of fused-ring (bicyclic) bond motifs is 1. The van der Waals surface area contributed by atoms with Gasteiger partial charge < -0.3 is 19.8 Å². The van der Waals surface area contributed by atoms with Gasteiger partial charge in [-0.25, -0.2) is 0 Å². The number of carbonyl (C=O) groups is 1. The van der Waals surface area contributed by atoms with Gasteiger partial charge in [-0.15, -0.1) is 0 Å². The van der Waals surface area contributed by atoms with E-state index in [0.29, 0.717) is 17.1 Å². The van der Waals surface area contributed by atoms with E-state index in [1.165, 1.54) is 0 Å². The van der Waals surface area contributed by atoms with Gasteiger partial charge in [-0.05, 0) is 31.0 Å². The highest BCUT2D eigenvalue weighted by atomic mass is 16.5. The van der Waals surface area contributed by atoms with E-state index in [1.54, 1.807) is 20.4 Å². The fourth-order valence-corrected chi connectivity index (χ4v) is 2.83. The molecule has 0 radical (unpaired) electrons. The van der Waals surface area contributed by atoms with Crippen molar-refractivity contribution in [2.45, 2.75) is 13.8 Å². The van der Waals surface area contributed by atoms with Crippen molar-refractivity contribution >= 4 is 22.5 Å². The van der Waals surface area contributed by atoms with E-state index in [9.17, 15) is 4.79 Å². The lowest BCUT2D eigenvalue weighted by molar-refractivity contribution is 0.102. The fourth-order valence-electron chi connectivity index (χ4n) is 2.83. The van der Waals surface area contributed by atoms with Gasteiger partial charge in [-0.2, -0.15) is 0 Å². The third-order valence-corrected chi connectivity index (χ3v) is 4.15. The first kappa shape index (κ1) is 15.9. The van der Waals surface area contributed by atoms with Crippen LogP contribution in [-0.4, -0.2) is 25.1 Å². The molecule has 0 aliphatic carbocycles. The van der Waals surface area contributed by atoms with Crippen LogP contribution in [0, 0.1) is 13.8 Å². The zero-order chi connectivity index (χ0) is 17.3. The van der Waals surface area contributed by atoms with E-state index in [1.807, 2.05) is 44.2 Å². The summed E-state index contributed by atoms with van der Waals surface area (Å²) in [6.07, 6.45) is 1.70. The molecule has 0 atom stereocenters. The van der Waals surface area contributed by atoms with Crippen molar-refractivity contribution in [1.82, 2.24) is 4.98 Å². The molecule has 1 amide bonds. The van der Waals surface area contributed by atoms with Crippen molar-refractivity contribution in [3.63, 3.8) is 0 Å². The van der Waals surface area contributed by atoms with E-state index in [-0.39, 0.29) is 5.91 Å². The molecule has 5 heteroatoms. The number of anilines is 1. The van der Waals surface area contributed by atoms with E-state index >= 15 is 0 Å². The Morgan fingerprint density at radius 2 is 1.67 bits per heavy atom. The van der Waals surface area contributed by atoms with Crippen LogP contribution >= 0.6 is 0 Å². The monoisotopic (exact) mass is 324 g/mol. The van der Waals surface area contributed by atoms with E-state index in [2.05, 4.69) is 10.3 Å². The molecule has 1 aromatic heterocycles. The van der Waals surface area contributed by atoms with Crippen LogP contribution in [0.4, 0.5) is 5.69 Å². The first-order valence-corrected chi connectivity index (χ1v) is 7.65. The van der Waals surface area contributed by atoms with Gasteiger partial charge in [0.25, 0.3) is 5.91 Å². The molecule has 3 aromatic rings. The SMILES string of the molecule is COc1cc2[nH]cc(C(=O)Nc3c(C)cccc3C)c2cc1OC. The number of hydrogen-bond donors (Lipinski definition) is 2. The van der Waals surface area contributed by atoms with Gasteiger partial charge in [0.15, 0.2) is 11.5 Å². The van der Waals surface area contributed by atoms with E-state index in [0.717, 1.165) is 27.7 Å². The molecular formula is C19H20N2O3. The molecule has 124 valence electrons. The first-order valence-electron chi connectivity index (χ1n) is 7.65. The zero-order valence-electron chi connectivity index (χ0n) is 14.2.